The van der Waals surface area contributed by atoms with Crippen LogP contribution in [0, 0.1) is 22.0 Å². The van der Waals surface area contributed by atoms with Crippen LogP contribution in [0.1, 0.15) is 96.9 Å². The number of carboxylic acids is 1. The van der Waals surface area contributed by atoms with Crippen LogP contribution in [-0.2, 0) is 63.9 Å². The van der Waals surface area contributed by atoms with E-state index < -0.39 is 71.7 Å². The maximum atomic E-state index is 14.1. The molecule has 9 N–H and O–H groups in total. The van der Waals surface area contributed by atoms with Crippen LogP contribution < -0.4 is 40.6 Å². The number of aryl methyl sites for hydroxylation is 2. The van der Waals surface area contributed by atoms with Gasteiger partial charge in [0.1, 0.15) is 43.4 Å². The molecule has 1 amide bonds. The number of nitrogens with two attached hydrogens (primary N) is 1. The standard InChI is InChI=1S/C53H52N9O19P3/c54-53-57-49-43(56-27-61(49)40-25-76-41(46(40)63)26-78-83(72,73)81-84(74,75)80-82(69,70)71)51(58-53)77-24-32-12-11-28(20-39(32)62(67)68)6-1-15-55-50(64)31-13-14-33(52(65)66)36(23-31)42-37-21-29-7-2-16-59-18-4-9-34(44(29)59)47(37)79-48-35-10-5-19-60-17-3-8-30(45(35)60)22-38(42)48/h11-14,20-23,27,40-41,46,63H,2-5,7-10,15-19,24-26H2,(H7-,54,55,57,58,64,65,66,69,70,71,72,73,74,75)/p+1/t40-,41-,46+/m1/s1. The molecular formula is C53H53N9O19P3+. The average molecular weight is 1210 g/mol. The predicted octanol–water partition coefficient (Wildman–Crippen LogP) is 3.45. The lowest BCUT2D eigenvalue weighted by molar-refractivity contribution is -0.385. The Morgan fingerprint density at radius 2 is 1.67 bits per heavy atom. The molecule has 1 fully saturated rings. The largest absolute Gasteiger partial charge is 0.490 e. The number of nitro groups is 1. The Labute approximate surface area is 475 Å². The minimum absolute atomic E-state index is 0.00517. The second-order valence-electron chi connectivity index (χ2n) is 20.8. The molecular weight excluding hydrogens is 1160 g/mol. The number of nitrogens with zero attached hydrogens (tertiary/aromatic N) is 7. The number of rotatable bonds is 16. The van der Waals surface area contributed by atoms with E-state index >= 15 is 0 Å². The molecule has 0 saturated carbocycles. The number of hydrogen-bond acceptors (Lipinski definition) is 19. The molecule has 6 aliphatic heterocycles. The van der Waals surface area contributed by atoms with E-state index in [9.17, 15) is 53.4 Å². The number of carbonyl (C=O) groups is 2. The molecule has 31 heteroatoms. The van der Waals surface area contributed by atoms with Crippen molar-refractivity contribution in [1.29, 1.82) is 0 Å². The van der Waals surface area contributed by atoms with Crippen LogP contribution in [-0.4, -0.2) is 124 Å². The number of aliphatic hydroxyl groups is 1. The third-order valence-electron chi connectivity index (χ3n) is 15.5. The first-order valence-electron chi connectivity index (χ1n) is 26.7. The van der Waals surface area contributed by atoms with Crippen molar-refractivity contribution < 1.29 is 85.3 Å². The van der Waals surface area contributed by atoms with E-state index in [1.807, 2.05) is 0 Å². The SMILES string of the molecule is Nc1nc(OCc2ccc(C#CCNC(=O)c3ccc(C(=O)O)c(C4=c5cc6c7c(c5Oc5c4cc4c8c5CCCN8CCC4)CCC[N+]=7CCC6)c3)cc2[N+](=O)[O-])c2ncn([C@@H]3CO[C@H](COP(=O)(O)OP(=O)(O)OP(=O)(O)O)[C@H]3O)c2n1. The molecule has 6 aliphatic rings. The van der Waals surface area contributed by atoms with Crippen molar-refractivity contribution in [1.82, 2.24) is 29.4 Å². The number of benzene rings is 4. The number of aromatic carboxylic acids is 1. The molecule has 84 heavy (non-hydrogen) atoms. The molecule has 12 rings (SSSR count). The highest BCUT2D eigenvalue weighted by Crippen LogP contribution is 2.66. The summed E-state index contributed by atoms with van der Waals surface area (Å²) in [6, 6.07) is 12.1. The normalized spacial score (nSPS) is 20.0. The van der Waals surface area contributed by atoms with Gasteiger partial charge in [-0.1, -0.05) is 11.8 Å². The van der Waals surface area contributed by atoms with Gasteiger partial charge >= 0.3 is 29.4 Å². The highest BCUT2D eigenvalue weighted by atomic mass is 31.3. The fraction of sp³-hybridized carbons (Fsp3) is 0.358. The number of nitrogens with one attached hydrogen (secondary N) is 1. The lowest BCUT2D eigenvalue weighted by Crippen LogP contribution is -2.45. The number of hydrogen-bond donors (Lipinski definition) is 8. The Kier molecular flexibility index (Phi) is 15.0. The van der Waals surface area contributed by atoms with E-state index in [1.54, 1.807) is 6.07 Å². The monoisotopic (exact) mass is 1210 g/mol. The summed E-state index contributed by atoms with van der Waals surface area (Å²) in [4.78, 5) is 90.9. The Morgan fingerprint density at radius 3 is 2.44 bits per heavy atom. The third kappa shape index (κ3) is 11.1. The fourth-order valence-corrected chi connectivity index (χ4v) is 15.1. The van der Waals surface area contributed by atoms with E-state index in [1.165, 1.54) is 63.4 Å². The molecule has 1 saturated heterocycles. The van der Waals surface area contributed by atoms with Crippen molar-refractivity contribution >= 4 is 69.4 Å². The van der Waals surface area contributed by atoms with Crippen LogP contribution in [0.4, 0.5) is 17.3 Å². The second-order valence-corrected chi connectivity index (χ2v) is 25.2. The number of nitro benzene ring substituents is 1. The summed E-state index contributed by atoms with van der Waals surface area (Å²) in [7, 11) is -17.0. The number of amides is 1. The molecule has 8 heterocycles. The summed E-state index contributed by atoms with van der Waals surface area (Å²) in [5, 5.41) is 39.2. The molecule has 6 aromatic rings. The van der Waals surface area contributed by atoms with Gasteiger partial charge in [-0.25, -0.2) is 28.0 Å². The summed E-state index contributed by atoms with van der Waals surface area (Å²) < 4.78 is 69.3. The zero-order chi connectivity index (χ0) is 59.0. The molecule has 0 spiro atoms. The maximum absolute atomic E-state index is 14.1. The molecule has 0 aliphatic carbocycles. The van der Waals surface area contributed by atoms with Gasteiger partial charge in [0.2, 0.25) is 17.2 Å². The van der Waals surface area contributed by atoms with E-state index in [4.69, 9.17) is 29.7 Å². The molecule has 0 radical (unpaired) electrons. The van der Waals surface area contributed by atoms with Gasteiger partial charge in [0.05, 0.1) is 53.7 Å². The Balaban J connectivity index is 0.759. The summed E-state index contributed by atoms with van der Waals surface area (Å²) >= 11 is 0. The van der Waals surface area contributed by atoms with Crippen LogP contribution in [0.15, 0.2) is 54.9 Å². The highest BCUT2D eigenvalue weighted by molar-refractivity contribution is 7.66. The minimum Gasteiger partial charge on any atom is -0.478 e. The van der Waals surface area contributed by atoms with Crippen molar-refractivity contribution in [2.75, 3.05) is 56.6 Å². The zero-order valence-electron chi connectivity index (χ0n) is 44.3. The Morgan fingerprint density at radius 1 is 0.905 bits per heavy atom. The second kappa shape index (κ2) is 22.2. The molecule has 2 unspecified atom stereocenters. The number of aromatic nitrogens is 4. The molecule has 2 aromatic heterocycles. The Bertz CT molecular complexity index is 4160. The quantitative estimate of drug-likeness (QED) is 0.0226. The number of fused-ring (bicyclic) bond motifs is 5. The van der Waals surface area contributed by atoms with Gasteiger partial charge < -0.3 is 64.5 Å². The van der Waals surface area contributed by atoms with E-state index in [0.717, 1.165) is 117 Å². The van der Waals surface area contributed by atoms with Gasteiger partial charge in [0, 0.05) is 76.3 Å². The minimum atomic E-state index is -5.80. The topological polar surface area (TPSA) is 393 Å². The zero-order valence-corrected chi connectivity index (χ0v) is 47.0. The Hall–Kier alpha value is -7.47. The number of nitrogen functional groups attached to an aromatic ring is 1. The smallest absolute Gasteiger partial charge is 0.478 e. The number of aliphatic hydroxyl groups excluding tert-OH is 1. The molecule has 4 aromatic carbocycles. The van der Waals surface area contributed by atoms with Crippen LogP contribution in [0.2, 0.25) is 0 Å². The molecule has 438 valence electrons. The van der Waals surface area contributed by atoms with Crippen LogP contribution in [0.3, 0.4) is 0 Å². The van der Waals surface area contributed by atoms with Gasteiger partial charge in [-0.15, -0.1) is 0 Å². The van der Waals surface area contributed by atoms with Crippen molar-refractivity contribution in [3.8, 4) is 29.2 Å². The average Bonchev–Trinajstić information content (AvgIpc) is 1.61. The van der Waals surface area contributed by atoms with E-state index in [2.05, 4.69) is 66.9 Å². The first-order chi connectivity index (χ1) is 40.1. The van der Waals surface area contributed by atoms with Crippen LogP contribution in [0.25, 0.3) is 16.7 Å². The third-order valence-corrected chi connectivity index (χ3v) is 19.3. The fourth-order valence-electron chi connectivity index (χ4n) is 12.1. The van der Waals surface area contributed by atoms with Crippen molar-refractivity contribution in [3.05, 3.63) is 131 Å². The van der Waals surface area contributed by atoms with Crippen LogP contribution >= 0.6 is 23.5 Å². The van der Waals surface area contributed by atoms with Gasteiger partial charge in [-0.2, -0.15) is 18.6 Å². The summed E-state index contributed by atoms with van der Waals surface area (Å²) in [5.74, 6) is 5.02. The number of phosphoric acid groups is 3. The molecule has 0 bridgehead atoms. The number of carboxylic acid groups (broad SMARTS) is 1. The number of carbonyl (C=O) groups excluding carboxylic acids is 1. The number of phosphoric ester groups is 1. The highest BCUT2D eigenvalue weighted by Gasteiger charge is 2.44. The maximum Gasteiger partial charge on any atom is 0.490 e. The van der Waals surface area contributed by atoms with Gasteiger partial charge in [0.15, 0.2) is 11.2 Å². The lowest BCUT2D eigenvalue weighted by atomic mass is 9.81. The lowest BCUT2D eigenvalue weighted by Gasteiger charge is -2.39. The summed E-state index contributed by atoms with van der Waals surface area (Å²) in [6.07, 6.45) is 5.63. The molecule has 28 nitrogen and oxygen atoms in total. The predicted molar refractivity (Wildman–Crippen MR) is 295 cm³/mol. The number of anilines is 2. The first kappa shape index (κ1) is 57.0. The van der Waals surface area contributed by atoms with Crippen molar-refractivity contribution in [2.24, 2.45) is 0 Å². The van der Waals surface area contributed by atoms with E-state index in [0.29, 0.717) is 5.56 Å². The van der Waals surface area contributed by atoms with Gasteiger partial charge in [-0.05, 0) is 92.1 Å². The van der Waals surface area contributed by atoms with Gasteiger partial charge in [-0.3, -0.25) is 19.4 Å². The van der Waals surface area contributed by atoms with Crippen molar-refractivity contribution in [2.45, 2.75) is 76.2 Å². The number of ether oxygens (including phenoxy) is 3. The molecule has 5 atom stereocenters. The van der Waals surface area contributed by atoms with Crippen molar-refractivity contribution in [3.63, 3.8) is 0 Å². The van der Waals surface area contributed by atoms with E-state index in [-0.39, 0.29) is 64.1 Å². The van der Waals surface area contributed by atoms with Gasteiger partial charge in [0.25, 0.3) is 11.6 Å². The van der Waals surface area contributed by atoms with Crippen LogP contribution in [0.5, 0.6) is 17.4 Å². The number of imidazole rings is 1. The first-order valence-corrected chi connectivity index (χ1v) is 31.2. The summed E-state index contributed by atoms with van der Waals surface area (Å²) in [5.41, 5.74) is 14.1. The summed E-state index contributed by atoms with van der Waals surface area (Å²) in [6.45, 7) is 2.04.